The van der Waals surface area contributed by atoms with Crippen molar-refractivity contribution in [2.75, 3.05) is 0 Å². The van der Waals surface area contributed by atoms with Crippen molar-refractivity contribution < 1.29 is 9.90 Å². The zero-order valence-corrected chi connectivity index (χ0v) is 18.8. The molecule has 3 fully saturated rings. The molecule has 0 heterocycles. The lowest BCUT2D eigenvalue weighted by Gasteiger charge is -2.54. The Balaban J connectivity index is 1.51. The topological polar surface area (TPSA) is 37.3 Å². The smallest absolute Gasteiger partial charge is 0.133 e. The molecule has 0 bridgehead atoms. The molecule has 0 radical (unpaired) electrons. The summed E-state index contributed by atoms with van der Waals surface area (Å²) in [4.78, 5) is 12.3. The first kappa shape index (κ1) is 20.7. The molecular weight excluding hydrogens is 364 g/mol. The van der Waals surface area contributed by atoms with Gasteiger partial charge in [-0.3, -0.25) is 4.79 Å². The molecule has 4 rings (SSSR count). The van der Waals surface area contributed by atoms with E-state index in [9.17, 15) is 9.90 Å². The van der Waals surface area contributed by atoms with E-state index in [2.05, 4.69) is 32.9 Å². The summed E-state index contributed by atoms with van der Waals surface area (Å²) >= 11 is 5.25. The number of ketones is 1. The predicted molar refractivity (Wildman–Crippen MR) is 118 cm³/mol. The van der Waals surface area contributed by atoms with Gasteiger partial charge in [-0.25, -0.2) is 0 Å². The Morgan fingerprint density at radius 2 is 1.96 bits per heavy atom. The first-order chi connectivity index (χ1) is 13.2. The molecule has 0 spiro atoms. The van der Waals surface area contributed by atoms with Crippen LogP contribution in [0.15, 0.2) is 23.3 Å². The Labute approximate surface area is 176 Å². The molecule has 3 heteroatoms. The molecule has 0 aromatic carbocycles. The van der Waals surface area contributed by atoms with Crippen LogP contribution in [0.4, 0.5) is 0 Å². The second-order valence-corrected chi connectivity index (χ2v) is 11.6. The van der Waals surface area contributed by atoms with Crippen LogP contribution in [-0.4, -0.2) is 21.7 Å². The number of allylic oxidation sites excluding steroid dienone is 3. The van der Waals surface area contributed by atoms with Crippen molar-refractivity contribution in [3.63, 3.8) is 0 Å². The van der Waals surface area contributed by atoms with Gasteiger partial charge in [-0.2, -0.15) is 12.6 Å². The van der Waals surface area contributed by atoms with Crippen LogP contribution in [0, 0.1) is 29.1 Å². The summed E-state index contributed by atoms with van der Waals surface area (Å²) in [6.45, 7) is 6.79. The van der Waals surface area contributed by atoms with Crippen LogP contribution in [0.5, 0.6) is 0 Å². The number of fused-ring (bicyclic) bond motifs is 5. The lowest BCUT2D eigenvalue weighted by molar-refractivity contribution is -0.120. The van der Waals surface area contributed by atoms with Crippen LogP contribution in [0.2, 0.25) is 0 Å². The van der Waals surface area contributed by atoms with Gasteiger partial charge in [-0.15, -0.1) is 0 Å². The third-order valence-corrected chi connectivity index (χ3v) is 9.46. The van der Waals surface area contributed by atoms with Gasteiger partial charge in [0.25, 0.3) is 0 Å². The van der Waals surface area contributed by atoms with Crippen molar-refractivity contribution in [1.29, 1.82) is 0 Å². The molecule has 0 saturated heterocycles. The first-order valence-corrected chi connectivity index (χ1v) is 12.0. The van der Waals surface area contributed by atoms with E-state index < -0.39 is 0 Å². The van der Waals surface area contributed by atoms with Gasteiger partial charge in [0.1, 0.15) is 5.78 Å². The van der Waals surface area contributed by atoms with E-state index in [0.29, 0.717) is 34.9 Å². The van der Waals surface area contributed by atoms with Gasteiger partial charge < -0.3 is 5.11 Å². The van der Waals surface area contributed by atoms with E-state index in [0.717, 1.165) is 38.5 Å². The van der Waals surface area contributed by atoms with Crippen molar-refractivity contribution in [3.05, 3.63) is 23.3 Å². The summed E-state index contributed by atoms with van der Waals surface area (Å²) in [7, 11) is 0. The Morgan fingerprint density at radius 3 is 2.71 bits per heavy atom. The fourth-order valence-corrected chi connectivity index (χ4v) is 7.68. The molecule has 3 saturated carbocycles. The number of carbonyl (C=O) groups excluding carboxylic acids is 1. The third-order valence-electron chi connectivity index (χ3n) is 8.64. The maximum Gasteiger partial charge on any atom is 0.133 e. The molecule has 156 valence electrons. The second-order valence-electron chi connectivity index (χ2n) is 10.8. The Bertz CT molecular complexity index is 693. The lowest BCUT2D eigenvalue weighted by atomic mass is 9.54. The standard InChI is InChI=1S/C25H38O2S/c1-16(2)14-19(26)7-4-17-6-9-22-21-8-5-18-15-20(27)10-13-25(18,28)23(21)11-12-24(17,22)3/h5,8,16-17,20,22-23,27-28H,4,6-7,9-15H2,1-3H3. The first-order valence-electron chi connectivity index (χ1n) is 11.6. The van der Waals surface area contributed by atoms with E-state index in [1.165, 1.54) is 31.3 Å². The van der Waals surface area contributed by atoms with E-state index in [4.69, 9.17) is 12.6 Å². The fraction of sp³-hybridized carbons (Fsp3) is 0.800. The minimum atomic E-state index is -0.186. The highest BCUT2D eigenvalue weighted by Crippen LogP contribution is 2.64. The maximum atomic E-state index is 12.3. The van der Waals surface area contributed by atoms with Crippen molar-refractivity contribution in [3.8, 4) is 0 Å². The molecule has 28 heavy (non-hydrogen) atoms. The van der Waals surface area contributed by atoms with Crippen LogP contribution in [0.25, 0.3) is 0 Å². The normalized spacial score (nSPS) is 42.4. The van der Waals surface area contributed by atoms with Gasteiger partial charge in [0.2, 0.25) is 0 Å². The third kappa shape index (κ3) is 3.45. The van der Waals surface area contributed by atoms with Crippen molar-refractivity contribution in [1.82, 2.24) is 0 Å². The number of aliphatic hydroxyl groups excluding tert-OH is 1. The van der Waals surface area contributed by atoms with Crippen molar-refractivity contribution in [2.24, 2.45) is 29.1 Å². The Hall–Kier alpha value is -0.540. The van der Waals surface area contributed by atoms with Crippen LogP contribution in [0.3, 0.4) is 0 Å². The molecule has 0 amide bonds. The monoisotopic (exact) mass is 402 g/mol. The average molecular weight is 403 g/mol. The fourth-order valence-electron chi connectivity index (χ4n) is 7.10. The minimum Gasteiger partial charge on any atom is -0.393 e. The van der Waals surface area contributed by atoms with Crippen LogP contribution < -0.4 is 0 Å². The molecule has 2 nitrogen and oxygen atoms in total. The molecule has 6 unspecified atom stereocenters. The second kappa shape index (κ2) is 7.61. The Morgan fingerprint density at radius 1 is 1.18 bits per heavy atom. The van der Waals surface area contributed by atoms with Gasteiger partial charge in [-0.1, -0.05) is 44.1 Å². The largest absolute Gasteiger partial charge is 0.393 e. The highest BCUT2D eigenvalue weighted by molar-refractivity contribution is 7.82. The number of rotatable bonds is 5. The van der Waals surface area contributed by atoms with Gasteiger partial charge in [0.15, 0.2) is 0 Å². The van der Waals surface area contributed by atoms with E-state index in [-0.39, 0.29) is 10.9 Å². The van der Waals surface area contributed by atoms with Gasteiger partial charge in [0, 0.05) is 17.6 Å². The number of aliphatic hydroxyl groups is 1. The molecule has 0 aliphatic heterocycles. The van der Waals surface area contributed by atoms with Crippen LogP contribution in [-0.2, 0) is 4.79 Å². The van der Waals surface area contributed by atoms with Crippen LogP contribution in [0.1, 0.15) is 85.0 Å². The van der Waals surface area contributed by atoms with Crippen molar-refractivity contribution in [2.45, 2.75) is 95.8 Å². The molecule has 4 aliphatic carbocycles. The quantitative estimate of drug-likeness (QED) is 0.561. The van der Waals surface area contributed by atoms with E-state index in [1.807, 2.05) is 0 Å². The van der Waals surface area contributed by atoms with Gasteiger partial charge >= 0.3 is 0 Å². The Kier molecular flexibility index (Phi) is 5.64. The van der Waals surface area contributed by atoms with Crippen LogP contribution >= 0.6 is 12.6 Å². The molecule has 4 aliphatic rings. The highest BCUT2D eigenvalue weighted by atomic mass is 32.1. The van der Waals surface area contributed by atoms with Crippen molar-refractivity contribution >= 4 is 18.4 Å². The summed E-state index contributed by atoms with van der Waals surface area (Å²) in [6.07, 6.45) is 14.8. The minimum absolute atomic E-state index is 0.0318. The summed E-state index contributed by atoms with van der Waals surface area (Å²) in [5, 5.41) is 10.1. The molecular formula is C25H38O2S. The molecule has 0 aromatic heterocycles. The zero-order valence-electron chi connectivity index (χ0n) is 17.9. The molecule has 1 N–H and O–H groups in total. The average Bonchev–Trinajstić information content (AvgIpc) is 2.96. The van der Waals surface area contributed by atoms with Gasteiger partial charge in [0.05, 0.1) is 6.10 Å². The number of Topliss-reactive ketones (excluding diaryl/α,β-unsaturated/α-hetero) is 1. The SMILES string of the molecule is CC(C)CC(=O)CCC1CCC2C3=CC=C4CC(O)CCC4(S)C3CCC12C. The number of hydrogen-bond donors (Lipinski definition) is 2. The summed E-state index contributed by atoms with van der Waals surface area (Å²) in [5.41, 5.74) is 3.35. The number of thiol groups is 1. The van der Waals surface area contributed by atoms with E-state index >= 15 is 0 Å². The lowest BCUT2D eigenvalue weighted by Crippen LogP contribution is -2.48. The number of hydrogen-bond acceptors (Lipinski definition) is 3. The number of carbonyl (C=O) groups is 1. The summed E-state index contributed by atoms with van der Waals surface area (Å²) in [5.74, 6) is 2.82. The van der Waals surface area contributed by atoms with Gasteiger partial charge in [-0.05, 0) is 80.5 Å². The van der Waals surface area contributed by atoms with E-state index in [1.54, 1.807) is 5.57 Å². The molecule has 0 aromatic rings. The zero-order chi connectivity index (χ0) is 20.1. The predicted octanol–water partition coefficient (Wildman–Crippen LogP) is 5.90. The summed E-state index contributed by atoms with van der Waals surface area (Å²) in [6, 6.07) is 0. The molecule has 6 atom stereocenters. The summed E-state index contributed by atoms with van der Waals surface area (Å²) < 4.78 is -0.0318. The highest BCUT2D eigenvalue weighted by Gasteiger charge is 2.56. The maximum absolute atomic E-state index is 12.3.